The third kappa shape index (κ3) is 3.58. The van der Waals surface area contributed by atoms with Gasteiger partial charge in [-0.3, -0.25) is 0 Å². The Morgan fingerprint density at radius 2 is 2.04 bits per heavy atom. The van der Waals surface area contributed by atoms with E-state index in [4.69, 9.17) is 4.74 Å². The van der Waals surface area contributed by atoms with Gasteiger partial charge >= 0.3 is 0 Å². The number of nitrogens with zero attached hydrogens (tertiary/aromatic N) is 3. The summed E-state index contributed by atoms with van der Waals surface area (Å²) in [4.78, 5) is 14.8. The maximum atomic E-state index is 5.41. The number of hydrogen-bond acceptors (Lipinski definition) is 5. The summed E-state index contributed by atoms with van der Waals surface area (Å²) in [5, 5.41) is 4.73. The number of hydrogen-bond donors (Lipinski definition) is 2. The molecule has 1 aromatic carbocycles. The molecule has 3 heterocycles. The molecule has 130 valence electrons. The number of para-hydroxylation sites is 1. The van der Waals surface area contributed by atoms with Gasteiger partial charge < -0.3 is 19.9 Å². The van der Waals surface area contributed by atoms with Gasteiger partial charge in [-0.25, -0.2) is 4.98 Å². The number of aromatic amines is 1. The van der Waals surface area contributed by atoms with Crippen molar-refractivity contribution < 1.29 is 4.74 Å². The van der Waals surface area contributed by atoms with Crippen LogP contribution in [-0.2, 0) is 11.2 Å². The summed E-state index contributed by atoms with van der Waals surface area (Å²) in [5.41, 5.74) is 3.48. The molecule has 1 aliphatic heterocycles. The second-order valence-electron chi connectivity index (χ2n) is 6.33. The van der Waals surface area contributed by atoms with E-state index in [1.54, 1.807) is 0 Å². The molecule has 0 aliphatic carbocycles. The van der Waals surface area contributed by atoms with Crippen LogP contribution in [0.4, 0.5) is 11.8 Å². The fourth-order valence-electron chi connectivity index (χ4n) is 3.21. The van der Waals surface area contributed by atoms with Gasteiger partial charge in [0.2, 0.25) is 5.95 Å². The first-order chi connectivity index (χ1) is 12.3. The van der Waals surface area contributed by atoms with Crippen LogP contribution in [0.5, 0.6) is 0 Å². The van der Waals surface area contributed by atoms with E-state index in [1.165, 1.54) is 16.5 Å². The number of nitrogens with one attached hydrogen (secondary N) is 2. The zero-order chi connectivity index (χ0) is 17.1. The lowest BCUT2D eigenvalue weighted by atomic mass is 10.1. The lowest BCUT2D eigenvalue weighted by molar-refractivity contribution is 0.122. The number of benzene rings is 1. The Hall–Kier alpha value is -2.60. The first-order valence-corrected chi connectivity index (χ1v) is 8.77. The van der Waals surface area contributed by atoms with Crippen molar-refractivity contribution in [3.8, 4) is 0 Å². The van der Waals surface area contributed by atoms with Crippen LogP contribution < -0.4 is 10.2 Å². The van der Waals surface area contributed by atoms with Crippen LogP contribution in [0.25, 0.3) is 10.9 Å². The SMILES string of the molecule is Cc1cc(NCCc2c[nH]c3ccccc23)nc(N2CCOCC2)n1. The highest BCUT2D eigenvalue weighted by atomic mass is 16.5. The van der Waals surface area contributed by atoms with Crippen molar-refractivity contribution in [3.05, 3.63) is 47.8 Å². The zero-order valence-corrected chi connectivity index (χ0v) is 14.5. The van der Waals surface area contributed by atoms with E-state index in [9.17, 15) is 0 Å². The van der Waals surface area contributed by atoms with Gasteiger partial charge in [0.15, 0.2) is 0 Å². The minimum absolute atomic E-state index is 0.737. The van der Waals surface area contributed by atoms with Crippen molar-refractivity contribution in [1.82, 2.24) is 15.0 Å². The van der Waals surface area contributed by atoms with Crippen LogP contribution in [0.3, 0.4) is 0 Å². The summed E-state index contributed by atoms with van der Waals surface area (Å²) < 4.78 is 5.41. The number of H-pyrrole nitrogens is 1. The predicted octanol–water partition coefficient (Wildman–Crippen LogP) is 2.76. The van der Waals surface area contributed by atoms with Gasteiger partial charge in [-0.15, -0.1) is 0 Å². The highest BCUT2D eigenvalue weighted by Gasteiger charge is 2.15. The van der Waals surface area contributed by atoms with Gasteiger partial charge in [0.1, 0.15) is 5.82 Å². The molecule has 0 spiro atoms. The van der Waals surface area contributed by atoms with Crippen LogP contribution in [-0.4, -0.2) is 47.8 Å². The highest BCUT2D eigenvalue weighted by Crippen LogP contribution is 2.19. The molecule has 0 saturated carbocycles. The molecule has 0 amide bonds. The van der Waals surface area contributed by atoms with Crippen LogP contribution in [0.1, 0.15) is 11.3 Å². The molecule has 1 aliphatic rings. The van der Waals surface area contributed by atoms with Gasteiger partial charge in [0.05, 0.1) is 13.2 Å². The van der Waals surface area contributed by atoms with Gasteiger partial charge in [0.25, 0.3) is 0 Å². The minimum Gasteiger partial charge on any atom is -0.378 e. The average Bonchev–Trinajstić information content (AvgIpc) is 3.05. The average molecular weight is 337 g/mol. The summed E-state index contributed by atoms with van der Waals surface area (Å²) in [5.74, 6) is 1.67. The van der Waals surface area contributed by atoms with Crippen LogP contribution >= 0.6 is 0 Å². The van der Waals surface area contributed by atoms with Crippen LogP contribution in [0.15, 0.2) is 36.5 Å². The van der Waals surface area contributed by atoms with E-state index >= 15 is 0 Å². The Balaban J connectivity index is 1.43. The molecular formula is C19H23N5O. The summed E-state index contributed by atoms with van der Waals surface area (Å²) >= 11 is 0. The third-order valence-electron chi connectivity index (χ3n) is 4.51. The largest absolute Gasteiger partial charge is 0.378 e. The number of fused-ring (bicyclic) bond motifs is 1. The van der Waals surface area contributed by atoms with E-state index in [0.717, 1.165) is 56.7 Å². The lowest BCUT2D eigenvalue weighted by Crippen LogP contribution is -2.37. The molecule has 6 heteroatoms. The second-order valence-corrected chi connectivity index (χ2v) is 6.33. The van der Waals surface area contributed by atoms with Crippen molar-refractivity contribution in [1.29, 1.82) is 0 Å². The first kappa shape index (κ1) is 15.9. The predicted molar refractivity (Wildman–Crippen MR) is 100 cm³/mol. The van der Waals surface area contributed by atoms with Crippen molar-refractivity contribution in [2.75, 3.05) is 43.1 Å². The fraction of sp³-hybridized carbons (Fsp3) is 0.368. The molecule has 1 fully saturated rings. The van der Waals surface area contributed by atoms with Gasteiger partial charge in [-0.05, 0) is 25.0 Å². The molecule has 3 aromatic rings. The van der Waals surface area contributed by atoms with Crippen molar-refractivity contribution in [2.24, 2.45) is 0 Å². The fourth-order valence-corrected chi connectivity index (χ4v) is 3.21. The van der Waals surface area contributed by atoms with Crippen LogP contribution in [0, 0.1) is 6.92 Å². The molecule has 0 bridgehead atoms. The molecule has 0 radical (unpaired) electrons. The number of aromatic nitrogens is 3. The molecule has 4 rings (SSSR count). The Kier molecular flexibility index (Phi) is 4.52. The van der Waals surface area contributed by atoms with E-state index in [0.29, 0.717) is 0 Å². The topological polar surface area (TPSA) is 66.1 Å². The smallest absolute Gasteiger partial charge is 0.227 e. The molecule has 0 atom stereocenters. The molecule has 1 saturated heterocycles. The second kappa shape index (κ2) is 7.11. The van der Waals surface area contributed by atoms with E-state index in [-0.39, 0.29) is 0 Å². The van der Waals surface area contributed by atoms with Gasteiger partial charge in [-0.2, -0.15) is 4.98 Å². The van der Waals surface area contributed by atoms with E-state index in [2.05, 4.69) is 55.6 Å². The monoisotopic (exact) mass is 337 g/mol. The molecule has 2 aromatic heterocycles. The Morgan fingerprint density at radius 3 is 2.92 bits per heavy atom. The molecule has 0 unspecified atom stereocenters. The van der Waals surface area contributed by atoms with Gasteiger partial charge in [-0.1, -0.05) is 18.2 Å². The minimum atomic E-state index is 0.737. The first-order valence-electron chi connectivity index (χ1n) is 8.77. The molecule has 6 nitrogen and oxygen atoms in total. The summed E-state index contributed by atoms with van der Waals surface area (Å²) in [6.07, 6.45) is 3.04. The maximum absolute atomic E-state index is 5.41. The van der Waals surface area contributed by atoms with Crippen molar-refractivity contribution in [3.63, 3.8) is 0 Å². The molecule has 2 N–H and O–H groups in total. The van der Waals surface area contributed by atoms with Crippen molar-refractivity contribution in [2.45, 2.75) is 13.3 Å². The third-order valence-corrected chi connectivity index (χ3v) is 4.51. The normalized spacial score (nSPS) is 14.8. The molecular weight excluding hydrogens is 314 g/mol. The maximum Gasteiger partial charge on any atom is 0.227 e. The Morgan fingerprint density at radius 1 is 1.20 bits per heavy atom. The van der Waals surface area contributed by atoms with E-state index in [1.807, 2.05) is 13.0 Å². The Labute approximate surface area is 147 Å². The number of aryl methyl sites for hydroxylation is 1. The number of anilines is 2. The lowest BCUT2D eigenvalue weighted by Gasteiger charge is -2.27. The molecule has 25 heavy (non-hydrogen) atoms. The number of rotatable bonds is 5. The number of morpholine rings is 1. The van der Waals surface area contributed by atoms with Crippen molar-refractivity contribution >= 4 is 22.7 Å². The standard InChI is InChI=1S/C19H23N5O/c1-14-12-18(23-19(22-14)24-8-10-25-11-9-24)20-7-6-15-13-21-17-5-3-2-4-16(15)17/h2-5,12-13,21H,6-11H2,1H3,(H,20,22,23). The summed E-state index contributed by atoms with van der Waals surface area (Å²) in [7, 11) is 0. The number of ether oxygens (including phenoxy) is 1. The Bertz CT molecular complexity index is 854. The summed E-state index contributed by atoms with van der Waals surface area (Å²) in [6.45, 7) is 6.01. The summed E-state index contributed by atoms with van der Waals surface area (Å²) in [6, 6.07) is 10.4. The van der Waals surface area contributed by atoms with E-state index < -0.39 is 0 Å². The van der Waals surface area contributed by atoms with Crippen LogP contribution in [0.2, 0.25) is 0 Å². The van der Waals surface area contributed by atoms with Gasteiger partial charge in [0, 0.05) is 48.5 Å². The zero-order valence-electron chi connectivity index (χ0n) is 14.5. The quantitative estimate of drug-likeness (QED) is 0.749. The highest BCUT2D eigenvalue weighted by molar-refractivity contribution is 5.83.